The number of hydrogen-bond donors (Lipinski definition) is 1. The van der Waals surface area contributed by atoms with Crippen LogP contribution in [-0.4, -0.2) is 49.3 Å². The molecule has 2 saturated heterocycles. The van der Waals surface area contributed by atoms with Crippen molar-refractivity contribution in [2.75, 3.05) is 26.2 Å². The zero-order valence-electron chi connectivity index (χ0n) is 13.0. The molecule has 0 amide bonds. The molecule has 19 heavy (non-hydrogen) atoms. The van der Waals surface area contributed by atoms with E-state index in [0.717, 1.165) is 19.1 Å². The molecular weight excluding hydrogens is 236 g/mol. The highest BCUT2D eigenvalue weighted by Crippen LogP contribution is 2.25. The summed E-state index contributed by atoms with van der Waals surface area (Å²) in [6, 6.07) is 1.42. The van der Waals surface area contributed by atoms with Gasteiger partial charge in [0, 0.05) is 25.2 Å². The Morgan fingerprint density at radius 2 is 2.11 bits per heavy atom. The first-order chi connectivity index (χ1) is 9.22. The van der Waals surface area contributed by atoms with Gasteiger partial charge in [-0.3, -0.25) is 0 Å². The standard InChI is InChI=1S/C16H32N2O/c1-4-9-17-16-8-11-18(14(3)13(16)2)10-7-15-6-5-12-19-15/h13-17H,4-12H2,1-3H3. The topological polar surface area (TPSA) is 24.5 Å². The van der Waals surface area contributed by atoms with Crippen LogP contribution in [0.4, 0.5) is 0 Å². The molecular formula is C16H32N2O. The Hall–Kier alpha value is -0.120. The number of nitrogens with one attached hydrogen (secondary N) is 1. The normalized spacial score (nSPS) is 36.8. The average molecular weight is 268 g/mol. The van der Waals surface area contributed by atoms with Gasteiger partial charge in [-0.1, -0.05) is 13.8 Å². The third-order valence-corrected chi connectivity index (χ3v) is 5.12. The quantitative estimate of drug-likeness (QED) is 0.801. The van der Waals surface area contributed by atoms with Crippen molar-refractivity contribution in [3.63, 3.8) is 0 Å². The van der Waals surface area contributed by atoms with Gasteiger partial charge in [0.2, 0.25) is 0 Å². The van der Waals surface area contributed by atoms with E-state index in [9.17, 15) is 0 Å². The van der Waals surface area contributed by atoms with Gasteiger partial charge in [0.15, 0.2) is 0 Å². The van der Waals surface area contributed by atoms with Gasteiger partial charge in [0.1, 0.15) is 0 Å². The lowest BCUT2D eigenvalue weighted by Crippen LogP contribution is -2.53. The van der Waals surface area contributed by atoms with Crippen LogP contribution in [0.15, 0.2) is 0 Å². The van der Waals surface area contributed by atoms with Crippen molar-refractivity contribution < 1.29 is 4.74 Å². The van der Waals surface area contributed by atoms with E-state index in [1.54, 1.807) is 0 Å². The second kappa shape index (κ2) is 7.61. The van der Waals surface area contributed by atoms with Crippen molar-refractivity contribution in [2.24, 2.45) is 5.92 Å². The van der Waals surface area contributed by atoms with Crippen LogP contribution in [0, 0.1) is 5.92 Å². The molecule has 112 valence electrons. The minimum Gasteiger partial charge on any atom is -0.378 e. The predicted octanol–water partition coefficient (Wildman–Crippen LogP) is 2.65. The highest BCUT2D eigenvalue weighted by atomic mass is 16.5. The monoisotopic (exact) mass is 268 g/mol. The fourth-order valence-electron chi connectivity index (χ4n) is 3.56. The average Bonchev–Trinajstić information content (AvgIpc) is 2.92. The van der Waals surface area contributed by atoms with Gasteiger partial charge in [-0.15, -0.1) is 0 Å². The Balaban J connectivity index is 1.74. The molecule has 2 fully saturated rings. The fraction of sp³-hybridized carbons (Fsp3) is 1.00. The van der Waals surface area contributed by atoms with Crippen LogP contribution in [0.2, 0.25) is 0 Å². The van der Waals surface area contributed by atoms with E-state index in [4.69, 9.17) is 4.74 Å². The smallest absolute Gasteiger partial charge is 0.0588 e. The molecule has 3 heteroatoms. The van der Waals surface area contributed by atoms with Crippen LogP contribution in [0.3, 0.4) is 0 Å². The van der Waals surface area contributed by atoms with Gasteiger partial charge < -0.3 is 15.0 Å². The molecule has 0 aliphatic carbocycles. The van der Waals surface area contributed by atoms with Gasteiger partial charge in [-0.25, -0.2) is 0 Å². The third-order valence-electron chi connectivity index (χ3n) is 5.12. The molecule has 0 aromatic rings. The van der Waals surface area contributed by atoms with E-state index < -0.39 is 0 Å². The summed E-state index contributed by atoms with van der Waals surface area (Å²) in [5.74, 6) is 0.754. The number of rotatable bonds is 6. The number of likely N-dealkylation sites (tertiary alicyclic amines) is 1. The van der Waals surface area contributed by atoms with E-state index in [1.165, 1.54) is 45.2 Å². The lowest BCUT2D eigenvalue weighted by Gasteiger charge is -2.43. The maximum Gasteiger partial charge on any atom is 0.0588 e. The van der Waals surface area contributed by atoms with Crippen molar-refractivity contribution in [2.45, 2.75) is 71.1 Å². The maximum atomic E-state index is 5.74. The van der Waals surface area contributed by atoms with Gasteiger partial charge in [-0.2, -0.15) is 0 Å². The molecule has 0 radical (unpaired) electrons. The Morgan fingerprint density at radius 1 is 1.26 bits per heavy atom. The summed E-state index contributed by atoms with van der Waals surface area (Å²) in [6.07, 6.45) is 6.85. The zero-order chi connectivity index (χ0) is 13.7. The second-order valence-corrected chi connectivity index (χ2v) is 6.41. The lowest BCUT2D eigenvalue weighted by molar-refractivity contribution is 0.0533. The van der Waals surface area contributed by atoms with Crippen LogP contribution in [0.5, 0.6) is 0 Å². The van der Waals surface area contributed by atoms with Crippen LogP contribution < -0.4 is 5.32 Å². The Morgan fingerprint density at radius 3 is 2.79 bits per heavy atom. The second-order valence-electron chi connectivity index (χ2n) is 6.41. The number of hydrogen-bond acceptors (Lipinski definition) is 3. The first-order valence-electron chi connectivity index (χ1n) is 8.31. The van der Waals surface area contributed by atoms with Gasteiger partial charge in [0.25, 0.3) is 0 Å². The minimum absolute atomic E-state index is 0.540. The molecule has 0 spiro atoms. The molecule has 4 unspecified atom stereocenters. The minimum atomic E-state index is 0.540. The van der Waals surface area contributed by atoms with Crippen molar-refractivity contribution >= 4 is 0 Å². The summed E-state index contributed by atoms with van der Waals surface area (Å²) in [7, 11) is 0. The molecule has 2 heterocycles. The molecule has 0 bridgehead atoms. The maximum absolute atomic E-state index is 5.74. The molecule has 1 N–H and O–H groups in total. The largest absolute Gasteiger partial charge is 0.378 e. The molecule has 2 aliphatic heterocycles. The predicted molar refractivity (Wildman–Crippen MR) is 80.5 cm³/mol. The first kappa shape index (κ1) is 15.3. The molecule has 0 aromatic carbocycles. The highest BCUT2D eigenvalue weighted by Gasteiger charge is 2.32. The van der Waals surface area contributed by atoms with Crippen molar-refractivity contribution in [3.05, 3.63) is 0 Å². The first-order valence-corrected chi connectivity index (χ1v) is 8.31. The fourth-order valence-corrected chi connectivity index (χ4v) is 3.56. The van der Waals surface area contributed by atoms with Gasteiger partial charge in [0.05, 0.1) is 6.10 Å². The third kappa shape index (κ3) is 4.17. The Labute approximate surface area is 119 Å². The van der Waals surface area contributed by atoms with Gasteiger partial charge >= 0.3 is 0 Å². The summed E-state index contributed by atoms with van der Waals surface area (Å²) in [5.41, 5.74) is 0. The summed E-state index contributed by atoms with van der Waals surface area (Å²) >= 11 is 0. The van der Waals surface area contributed by atoms with E-state index in [-0.39, 0.29) is 0 Å². The van der Waals surface area contributed by atoms with E-state index in [1.807, 2.05) is 0 Å². The summed E-state index contributed by atoms with van der Waals surface area (Å²) in [4.78, 5) is 2.68. The Kier molecular flexibility index (Phi) is 6.11. The molecule has 2 rings (SSSR count). The molecule has 2 aliphatic rings. The summed E-state index contributed by atoms with van der Waals surface area (Å²) in [5, 5.41) is 3.72. The SMILES string of the molecule is CCCNC1CCN(CCC2CCCO2)C(C)C1C. The molecule has 3 nitrogen and oxygen atoms in total. The molecule has 4 atom stereocenters. The van der Waals surface area contributed by atoms with Crippen molar-refractivity contribution in [1.29, 1.82) is 0 Å². The molecule has 0 aromatic heterocycles. The van der Waals surface area contributed by atoms with Crippen molar-refractivity contribution in [3.8, 4) is 0 Å². The highest BCUT2D eigenvalue weighted by molar-refractivity contribution is 4.88. The number of piperidine rings is 1. The van der Waals surface area contributed by atoms with E-state index >= 15 is 0 Å². The van der Waals surface area contributed by atoms with Gasteiger partial charge in [-0.05, 0) is 58.0 Å². The van der Waals surface area contributed by atoms with Crippen LogP contribution in [-0.2, 0) is 4.74 Å². The van der Waals surface area contributed by atoms with Crippen LogP contribution in [0.1, 0.15) is 52.9 Å². The van der Waals surface area contributed by atoms with E-state index in [2.05, 4.69) is 31.0 Å². The zero-order valence-corrected chi connectivity index (χ0v) is 13.0. The Bertz CT molecular complexity index is 253. The number of nitrogens with zero attached hydrogens (tertiary/aromatic N) is 1. The molecule has 0 saturated carbocycles. The van der Waals surface area contributed by atoms with Crippen LogP contribution in [0.25, 0.3) is 0 Å². The number of ether oxygens (including phenoxy) is 1. The van der Waals surface area contributed by atoms with Crippen molar-refractivity contribution in [1.82, 2.24) is 10.2 Å². The summed E-state index contributed by atoms with van der Waals surface area (Å²) in [6.45, 7) is 11.7. The lowest BCUT2D eigenvalue weighted by atomic mass is 9.86. The van der Waals surface area contributed by atoms with Crippen LogP contribution >= 0.6 is 0 Å². The summed E-state index contributed by atoms with van der Waals surface area (Å²) < 4.78 is 5.74. The van der Waals surface area contributed by atoms with E-state index in [0.29, 0.717) is 18.2 Å².